The molecule has 3 rings (SSSR count). The van der Waals surface area contributed by atoms with Gasteiger partial charge in [0.15, 0.2) is 12.7 Å². The summed E-state index contributed by atoms with van der Waals surface area (Å²) in [4.78, 5) is 0. The number of aromatic nitrogens is 1. The highest BCUT2D eigenvalue weighted by atomic mass is 16.5. The highest BCUT2D eigenvalue weighted by molar-refractivity contribution is 6.04. The molecule has 3 aromatic rings. The monoisotopic (exact) mass is 284 g/mol. The van der Waals surface area contributed by atoms with Crippen LogP contribution < -0.4 is 14.0 Å². The Morgan fingerprint density at radius 2 is 1.67 bits per heavy atom. The predicted molar refractivity (Wildman–Crippen MR) is 81.8 cm³/mol. The number of ether oxygens (including phenoxy) is 2. The van der Waals surface area contributed by atoms with E-state index in [9.17, 15) is 5.11 Å². The number of hydrogen-bond donors (Lipinski definition) is 1. The summed E-state index contributed by atoms with van der Waals surface area (Å²) in [6.45, 7) is 0.650. The molecule has 0 atom stereocenters. The van der Waals surface area contributed by atoms with Gasteiger partial charge in [-0.25, -0.2) is 0 Å². The lowest BCUT2D eigenvalue weighted by Crippen LogP contribution is -2.36. The van der Waals surface area contributed by atoms with Crippen molar-refractivity contribution in [3.8, 4) is 11.5 Å². The van der Waals surface area contributed by atoms with Gasteiger partial charge in [-0.1, -0.05) is 0 Å². The third kappa shape index (κ3) is 2.38. The molecule has 0 saturated heterocycles. The van der Waals surface area contributed by atoms with E-state index in [1.165, 1.54) is 0 Å². The summed E-state index contributed by atoms with van der Waals surface area (Å²) in [7, 11) is 3.32. The molecule has 0 unspecified atom stereocenters. The third-order valence-corrected chi connectivity index (χ3v) is 3.70. The number of fused-ring (bicyclic) bond motifs is 3. The van der Waals surface area contributed by atoms with E-state index in [1.54, 1.807) is 14.2 Å². The molecule has 2 aromatic carbocycles. The van der Waals surface area contributed by atoms with Crippen LogP contribution in [0.1, 0.15) is 0 Å². The van der Waals surface area contributed by atoms with Gasteiger partial charge in [0.05, 0.1) is 25.0 Å². The fraction of sp³-hybridized carbons (Fsp3) is 0.235. The molecule has 0 aliphatic heterocycles. The van der Waals surface area contributed by atoms with Gasteiger partial charge in [0.25, 0.3) is 0 Å². The second-order valence-corrected chi connectivity index (χ2v) is 4.88. The highest BCUT2D eigenvalue weighted by Gasteiger charge is 2.14. The molecule has 4 nitrogen and oxygen atoms in total. The van der Waals surface area contributed by atoms with E-state index >= 15 is 0 Å². The topological polar surface area (TPSA) is 42.6 Å². The average molecular weight is 284 g/mol. The summed E-state index contributed by atoms with van der Waals surface area (Å²) < 4.78 is 12.7. The Morgan fingerprint density at radius 3 is 2.38 bits per heavy atom. The molecular formula is C17H18NO3+. The van der Waals surface area contributed by atoms with Gasteiger partial charge in [-0.05, 0) is 30.3 Å². The molecule has 0 bridgehead atoms. The number of rotatable bonds is 4. The third-order valence-electron chi connectivity index (χ3n) is 3.70. The first-order valence-electron chi connectivity index (χ1n) is 6.85. The number of methoxy groups -OCH3 is 2. The van der Waals surface area contributed by atoms with E-state index in [2.05, 4.69) is 10.6 Å². The molecule has 0 spiro atoms. The van der Waals surface area contributed by atoms with Crippen molar-refractivity contribution in [2.75, 3.05) is 20.8 Å². The number of aliphatic hydroxyl groups excluding tert-OH is 1. The number of aliphatic hydroxyl groups is 1. The largest absolute Gasteiger partial charge is 0.497 e. The van der Waals surface area contributed by atoms with Crippen LogP contribution in [-0.4, -0.2) is 25.9 Å². The van der Waals surface area contributed by atoms with Crippen LogP contribution >= 0.6 is 0 Å². The minimum Gasteiger partial charge on any atom is -0.497 e. The Hall–Kier alpha value is -2.33. The van der Waals surface area contributed by atoms with Crippen LogP contribution in [0.15, 0.2) is 42.6 Å². The van der Waals surface area contributed by atoms with E-state index < -0.39 is 0 Å². The molecule has 0 aliphatic rings. The summed E-state index contributed by atoms with van der Waals surface area (Å²) in [5, 5.41) is 12.6. The second-order valence-electron chi connectivity index (χ2n) is 4.88. The smallest absolute Gasteiger partial charge is 0.213 e. The lowest BCUT2D eigenvalue weighted by atomic mass is 10.1. The molecule has 108 valence electrons. The van der Waals surface area contributed by atoms with Crippen LogP contribution in [0.3, 0.4) is 0 Å². The lowest BCUT2D eigenvalue weighted by Gasteiger charge is -2.08. The van der Waals surface area contributed by atoms with Gasteiger partial charge in [0.1, 0.15) is 18.1 Å². The zero-order valence-corrected chi connectivity index (χ0v) is 12.2. The van der Waals surface area contributed by atoms with Crippen molar-refractivity contribution in [2.24, 2.45) is 0 Å². The molecule has 1 aromatic heterocycles. The first kappa shape index (κ1) is 13.6. The first-order chi connectivity index (χ1) is 10.3. The standard InChI is InChI=1S/C17H18NO3/c1-20-13-3-5-15-12(9-13)11-18(7-8-19)17-6-4-14(21-2)10-16(15)17/h3-6,9-11,19H,7-8H2,1-2H3/q+1. The van der Waals surface area contributed by atoms with Crippen molar-refractivity contribution in [1.29, 1.82) is 0 Å². The Kier molecular flexibility index (Phi) is 3.62. The SMILES string of the molecule is COc1ccc2c(c1)c[n+](CCO)c1ccc(OC)cc21. The van der Waals surface area contributed by atoms with Crippen LogP contribution in [0.25, 0.3) is 21.7 Å². The lowest BCUT2D eigenvalue weighted by molar-refractivity contribution is -0.671. The van der Waals surface area contributed by atoms with Crippen LogP contribution in [0.2, 0.25) is 0 Å². The van der Waals surface area contributed by atoms with Crippen molar-refractivity contribution in [2.45, 2.75) is 6.54 Å². The zero-order chi connectivity index (χ0) is 14.8. The van der Waals surface area contributed by atoms with Crippen molar-refractivity contribution in [3.05, 3.63) is 42.6 Å². The Labute approximate surface area is 123 Å². The molecular weight excluding hydrogens is 266 g/mol. The maximum absolute atomic E-state index is 9.28. The van der Waals surface area contributed by atoms with Gasteiger partial charge in [0, 0.05) is 11.5 Å². The molecule has 0 radical (unpaired) electrons. The normalized spacial score (nSPS) is 11.0. The van der Waals surface area contributed by atoms with E-state index in [0.29, 0.717) is 6.54 Å². The summed E-state index contributed by atoms with van der Waals surface area (Å²) in [5.41, 5.74) is 1.07. The van der Waals surface area contributed by atoms with Crippen LogP contribution in [0.5, 0.6) is 11.5 Å². The van der Waals surface area contributed by atoms with E-state index in [-0.39, 0.29) is 6.61 Å². The number of hydrogen-bond acceptors (Lipinski definition) is 3. The molecule has 1 N–H and O–H groups in total. The minimum absolute atomic E-state index is 0.0985. The Morgan fingerprint density at radius 1 is 0.952 bits per heavy atom. The molecule has 0 fully saturated rings. The van der Waals surface area contributed by atoms with E-state index in [4.69, 9.17) is 9.47 Å². The number of pyridine rings is 1. The van der Waals surface area contributed by atoms with Crippen molar-refractivity contribution < 1.29 is 19.1 Å². The molecule has 0 aliphatic carbocycles. The summed E-state index contributed by atoms with van der Waals surface area (Å²) >= 11 is 0. The average Bonchev–Trinajstić information content (AvgIpc) is 2.54. The van der Waals surface area contributed by atoms with Gasteiger partial charge in [0.2, 0.25) is 5.52 Å². The van der Waals surface area contributed by atoms with Gasteiger partial charge < -0.3 is 14.6 Å². The van der Waals surface area contributed by atoms with Gasteiger partial charge in [-0.2, -0.15) is 4.57 Å². The Bertz CT molecular complexity index is 799. The summed E-state index contributed by atoms with van der Waals surface area (Å²) in [6.07, 6.45) is 2.04. The number of nitrogens with zero attached hydrogens (tertiary/aromatic N) is 1. The fourth-order valence-electron chi connectivity index (χ4n) is 2.66. The van der Waals surface area contributed by atoms with Crippen molar-refractivity contribution >= 4 is 21.7 Å². The van der Waals surface area contributed by atoms with Crippen LogP contribution in [0.4, 0.5) is 0 Å². The molecule has 4 heteroatoms. The molecule has 0 amide bonds. The highest BCUT2D eigenvalue weighted by Crippen LogP contribution is 2.28. The predicted octanol–water partition coefficient (Wildman–Crippen LogP) is 2.29. The van der Waals surface area contributed by atoms with Crippen LogP contribution in [-0.2, 0) is 6.54 Å². The second kappa shape index (κ2) is 5.58. The maximum atomic E-state index is 9.28. The van der Waals surface area contributed by atoms with Gasteiger partial charge >= 0.3 is 0 Å². The summed E-state index contributed by atoms with van der Waals surface area (Å²) in [6, 6.07) is 12.0. The number of benzene rings is 2. The van der Waals surface area contributed by atoms with Gasteiger partial charge in [-0.15, -0.1) is 0 Å². The Balaban J connectivity index is 2.38. The summed E-state index contributed by atoms with van der Waals surface area (Å²) in [5.74, 6) is 1.64. The molecule has 1 heterocycles. The quantitative estimate of drug-likeness (QED) is 0.590. The van der Waals surface area contributed by atoms with E-state index in [0.717, 1.165) is 33.2 Å². The first-order valence-corrected chi connectivity index (χ1v) is 6.85. The molecule has 21 heavy (non-hydrogen) atoms. The van der Waals surface area contributed by atoms with Crippen LogP contribution in [0, 0.1) is 0 Å². The maximum Gasteiger partial charge on any atom is 0.213 e. The fourth-order valence-corrected chi connectivity index (χ4v) is 2.66. The van der Waals surface area contributed by atoms with Gasteiger partial charge in [-0.3, -0.25) is 0 Å². The molecule has 0 saturated carbocycles. The zero-order valence-electron chi connectivity index (χ0n) is 12.2. The van der Waals surface area contributed by atoms with Crippen molar-refractivity contribution in [1.82, 2.24) is 0 Å². The van der Waals surface area contributed by atoms with Crippen molar-refractivity contribution in [3.63, 3.8) is 0 Å². The minimum atomic E-state index is 0.0985. The van der Waals surface area contributed by atoms with E-state index in [1.807, 2.05) is 36.5 Å².